The molecule has 0 fully saturated rings. The fraction of sp³-hybridized carbons (Fsp3) is 0.875. The molecule has 0 bridgehead atoms. The van der Waals surface area contributed by atoms with Gasteiger partial charge in [0.25, 0.3) is 0 Å². The van der Waals surface area contributed by atoms with E-state index in [4.69, 9.17) is 9.47 Å². The van der Waals surface area contributed by atoms with Crippen LogP contribution in [0.3, 0.4) is 0 Å². The van der Waals surface area contributed by atoms with E-state index in [0.29, 0.717) is 14.5 Å². The Morgan fingerprint density at radius 2 is 0.657 bits per heavy atom. The summed E-state index contributed by atoms with van der Waals surface area (Å²) in [5.74, 6) is 2.04. The van der Waals surface area contributed by atoms with Crippen LogP contribution in [0.1, 0.15) is 168 Å². The Bertz CT molecular complexity index is 483. The Kier molecular flexibility index (Phi) is 24.9. The van der Waals surface area contributed by atoms with E-state index in [1.54, 1.807) is 0 Å². The first-order chi connectivity index (χ1) is 17.4. The summed E-state index contributed by atoms with van der Waals surface area (Å²) in [5.41, 5.74) is 0. The molecule has 0 atom stereocenters. The van der Waals surface area contributed by atoms with Crippen LogP contribution in [-0.2, 0) is 0 Å². The van der Waals surface area contributed by atoms with Crippen molar-refractivity contribution in [3.05, 3.63) is 9.88 Å². The third kappa shape index (κ3) is 21.4. The Balaban J connectivity index is 1.87. The van der Waals surface area contributed by atoms with Gasteiger partial charge in [0.1, 0.15) is 0 Å². The van der Waals surface area contributed by atoms with Crippen molar-refractivity contribution in [1.82, 2.24) is 0 Å². The quantitative estimate of drug-likeness (QED) is 0.0756. The van der Waals surface area contributed by atoms with Gasteiger partial charge in [-0.05, 0) is 0 Å². The summed E-state index contributed by atoms with van der Waals surface area (Å²) in [6, 6.07) is 0. The van der Waals surface area contributed by atoms with E-state index in [0.717, 1.165) is 24.7 Å². The van der Waals surface area contributed by atoms with Crippen molar-refractivity contribution < 1.29 is 9.47 Å². The minimum atomic E-state index is 0.414. The van der Waals surface area contributed by atoms with Gasteiger partial charge in [-0.25, -0.2) is 0 Å². The van der Waals surface area contributed by atoms with Crippen LogP contribution in [0, 0.1) is 0 Å². The van der Waals surface area contributed by atoms with Crippen LogP contribution in [0.15, 0.2) is 9.88 Å². The van der Waals surface area contributed by atoms with Crippen LogP contribution < -0.4 is 9.47 Å². The first kappa shape index (κ1) is 32.6. The van der Waals surface area contributed by atoms with E-state index in [1.807, 2.05) is 0 Å². The summed E-state index contributed by atoms with van der Waals surface area (Å²) in [7, 11) is 0. The van der Waals surface area contributed by atoms with Crippen LogP contribution in [0.25, 0.3) is 0 Å². The molecule has 0 spiro atoms. The molecule has 0 aliphatic heterocycles. The molecular weight excluding hydrogens is 495 g/mol. The van der Waals surface area contributed by atoms with Crippen LogP contribution in [0.5, 0.6) is 11.5 Å². The van der Waals surface area contributed by atoms with Gasteiger partial charge in [-0.1, -0.05) is 65.2 Å². The molecule has 0 amide bonds. The van der Waals surface area contributed by atoms with Gasteiger partial charge >= 0.3 is 161 Å². The second-order valence-electron chi connectivity index (χ2n) is 10.6. The van der Waals surface area contributed by atoms with E-state index >= 15 is 0 Å². The predicted octanol–water partition coefficient (Wildman–Crippen LogP) is 10.9. The van der Waals surface area contributed by atoms with Gasteiger partial charge in [0, 0.05) is 0 Å². The second kappa shape index (κ2) is 26.7. The molecule has 0 N–H and O–H groups in total. The molecule has 2 nitrogen and oxygen atoms in total. The van der Waals surface area contributed by atoms with Gasteiger partial charge in [-0.15, -0.1) is 0 Å². The van der Waals surface area contributed by atoms with Crippen LogP contribution in [-0.4, -0.2) is 27.7 Å². The van der Waals surface area contributed by atoms with Gasteiger partial charge in [-0.2, -0.15) is 0 Å². The van der Waals surface area contributed by atoms with Crippen molar-refractivity contribution in [2.45, 2.75) is 168 Å². The van der Waals surface area contributed by atoms with Crippen LogP contribution in [0.2, 0.25) is 0 Å². The molecule has 1 aromatic heterocycles. The Hall–Kier alpha value is -0.401. The fourth-order valence-corrected chi connectivity index (χ4v) is 6.17. The number of hydrogen-bond donors (Lipinski definition) is 0. The zero-order valence-electron chi connectivity index (χ0n) is 23.8. The normalized spacial score (nSPS) is 11.3. The minimum absolute atomic E-state index is 0.414. The third-order valence-electron chi connectivity index (χ3n) is 7.10. The van der Waals surface area contributed by atoms with Gasteiger partial charge in [-0.3, -0.25) is 0 Å². The van der Waals surface area contributed by atoms with Gasteiger partial charge in [0.05, 0.1) is 0 Å². The van der Waals surface area contributed by atoms with Crippen molar-refractivity contribution in [3.8, 4) is 11.5 Å². The number of unbranched alkanes of at least 4 members (excludes halogenated alkanes) is 22. The summed E-state index contributed by atoms with van der Waals surface area (Å²) in [6.07, 6.45) is 33.3. The summed E-state index contributed by atoms with van der Waals surface area (Å²) >= 11 is 0.414. The average molecular weight is 556 g/mol. The van der Waals surface area contributed by atoms with Crippen molar-refractivity contribution in [3.63, 3.8) is 0 Å². The monoisotopic (exact) mass is 556 g/mol. The second-order valence-corrected chi connectivity index (χ2v) is 12.1. The molecule has 1 rings (SSSR count). The van der Waals surface area contributed by atoms with Gasteiger partial charge in [0.15, 0.2) is 0 Å². The molecule has 1 aromatic rings. The van der Waals surface area contributed by atoms with Crippen molar-refractivity contribution >= 4 is 14.5 Å². The number of rotatable bonds is 28. The first-order valence-electron chi connectivity index (χ1n) is 15.7. The molecule has 0 radical (unpaired) electrons. The standard InChI is InChI=1S/C32H60O2Se/c1-3-5-7-9-11-13-15-17-19-21-23-25-27-33-31-29-35-30-32(31)34-28-26-24-22-20-18-16-14-12-10-8-6-4-2/h29-30H,3-28H2,1-2H3. The molecule has 0 aromatic carbocycles. The summed E-state index contributed by atoms with van der Waals surface area (Å²) < 4.78 is 12.1. The summed E-state index contributed by atoms with van der Waals surface area (Å²) in [4.78, 5) is 4.48. The Morgan fingerprint density at radius 3 is 0.943 bits per heavy atom. The zero-order valence-corrected chi connectivity index (χ0v) is 25.5. The molecule has 0 saturated heterocycles. The molecule has 1 heterocycles. The number of ether oxygens (including phenoxy) is 2. The third-order valence-corrected chi connectivity index (χ3v) is 8.57. The Morgan fingerprint density at radius 1 is 0.400 bits per heavy atom. The van der Waals surface area contributed by atoms with E-state index in [2.05, 4.69) is 23.7 Å². The van der Waals surface area contributed by atoms with Gasteiger partial charge < -0.3 is 0 Å². The summed E-state index contributed by atoms with van der Waals surface area (Å²) in [5, 5.41) is 0. The minimum Gasteiger partial charge on any atom is -0.0654 e. The van der Waals surface area contributed by atoms with E-state index in [-0.39, 0.29) is 0 Å². The topological polar surface area (TPSA) is 18.5 Å². The van der Waals surface area contributed by atoms with E-state index in [1.165, 1.54) is 154 Å². The van der Waals surface area contributed by atoms with Crippen LogP contribution >= 0.6 is 0 Å². The van der Waals surface area contributed by atoms with Crippen molar-refractivity contribution in [1.29, 1.82) is 0 Å². The predicted molar refractivity (Wildman–Crippen MR) is 157 cm³/mol. The molecule has 206 valence electrons. The average Bonchev–Trinajstić information content (AvgIpc) is 3.32. The first-order valence-corrected chi connectivity index (χ1v) is 17.7. The smallest absolute Gasteiger partial charge is 0.0654 e. The molecule has 3 heteroatoms. The number of hydrogen-bond acceptors (Lipinski definition) is 2. The fourth-order valence-electron chi connectivity index (χ4n) is 4.73. The van der Waals surface area contributed by atoms with Crippen molar-refractivity contribution in [2.24, 2.45) is 0 Å². The molecular formula is C32H60O2Se. The molecule has 35 heavy (non-hydrogen) atoms. The van der Waals surface area contributed by atoms with E-state index in [9.17, 15) is 0 Å². The van der Waals surface area contributed by atoms with Crippen LogP contribution in [0.4, 0.5) is 0 Å². The van der Waals surface area contributed by atoms with E-state index < -0.39 is 0 Å². The summed E-state index contributed by atoms with van der Waals surface area (Å²) in [6.45, 7) is 6.28. The van der Waals surface area contributed by atoms with Gasteiger partial charge in [0.2, 0.25) is 0 Å². The maximum absolute atomic E-state index is 6.05. The molecule has 0 saturated carbocycles. The molecule has 0 unspecified atom stereocenters. The SMILES string of the molecule is CCCCCCCCCCCCCCOc1c[se]cc1OCCCCCCCCCCCCCC. The maximum atomic E-state index is 6.05. The van der Waals surface area contributed by atoms with Crippen molar-refractivity contribution in [2.75, 3.05) is 13.2 Å². The molecule has 0 aliphatic carbocycles. The zero-order chi connectivity index (χ0) is 25.1. The Labute approximate surface area is 226 Å². The molecule has 0 aliphatic rings.